The molecule has 1 atom stereocenters. The molecule has 0 aromatic carbocycles. The Kier molecular flexibility index (Phi) is 3.77. The minimum absolute atomic E-state index is 0. The van der Waals surface area contributed by atoms with Crippen LogP contribution in [0.3, 0.4) is 0 Å². The molecule has 0 radical (unpaired) electrons. The van der Waals surface area contributed by atoms with Crippen LogP contribution in [0.5, 0.6) is 0 Å². The average molecular weight is 140 g/mol. The van der Waals surface area contributed by atoms with E-state index in [2.05, 4.69) is 23.4 Å². The number of aromatic nitrogens is 2. The number of hydrogen-bond acceptors (Lipinski definition) is 1. The second kappa shape index (κ2) is 4.09. The maximum atomic E-state index is 3.95. The summed E-state index contributed by atoms with van der Waals surface area (Å²) in [5.74, 6) is 0. The van der Waals surface area contributed by atoms with Gasteiger partial charge in [-0.05, 0) is 13.3 Å². The number of imidazole rings is 1. The van der Waals surface area contributed by atoms with Gasteiger partial charge >= 0.3 is 0 Å². The molecule has 1 aromatic heterocycles. The first kappa shape index (κ1) is 9.21. The first-order chi connectivity index (χ1) is 4.34. The fourth-order valence-corrected chi connectivity index (χ4v) is 0.741. The Morgan fingerprint density at radius 3 is 2.70 bits per heavy atom. The third-order valence-electron chi connectivity index (χ3n) is 1.62. The number of nitrogens with zero attached hydrogens (tertiary/aromatic N) is 2. The van der Waals surface area contributed by atoms with Crippen molar-refractivity contribution in [2.24, 2.45) is 0 Å². The van der Waals surface area contributed by atoms with E-state index < -0.39 is 0 Å². The van der Waals surface area contributed by atoms with Gasteiger partial charge in [0.25, 0.3) is 0 Å². The average Bonchev–Trinajstić information content (AvgIpc) is 2.37. The monoisotopic (exact) mass is 140 g/mol. The van der Waals surface area contributed by atoms with Gasteiger partial charge in [0.1, 0.15) is 0 Å². The molecule has 2 heteroatoms. The maximum absolute atomic E-state index is 3.95. The van der Waals surface area contributed by atoms with Gasteiger partial charge in [-0.15, -0.1) is 0 Å². The molecule has 0 aliphatic heterocycles. The molecule has 0 aliphatic rings. The molecule has 0 saturated carbocycles. The Hall–Kier alpha value is -0.790. The van der Waals surface area contributed by atoms with Crippen molar-refractivity contribution in [1.29, 1.82) is 0 Å². The fourth-order valence-electron chi connectivity index (χ4n) is 0.741. The highest BCUT2D eigenvalue weighted by molar-refractivity contribution is 4.77. The van der Waals surface area contributed by atoms with Crippen LogP contribution in [0, 0.1) is 0 Å². The van der Waals surface area contributed by atoms with E-state index in [1.165, 1.54) is 0 Å². The van der Waals surface area contributed by atoms with Crippen LogP contribution in [0.4, 0.5) is 0 Å². The zero-order chi connectivity index (χ0) is 6.69. The van der Waals surface area contributed by atoms with E-state index in [4.69, 9.17) is 0 Å². The molecular weight excluding hydrogens is 124 g/mol. The maximum Gasteiger partial charge on any atom is 0.0948 e. The van der Waals surface area contributed by atoms with Crippen LogP contribution in [0.2, 0.25) is 0 Å². The van der Waals surface area contributed by atoms with Gasteiger partial charge in [-0.1, -0.05) is 14.4 Å². The Bertz CT molecular complexity index is 156. The highest BCUT2D eigenvalue weighted by atomic mass is 15.0. The summed E-state index contributed by atoms with van der Waals surface area (Å²) in [6.45, 7) is 4.35. The Morgan fingerprint density at radius 2 is 2.30 bits per heavy atom. The van der Waals surface area contributed by atoms with E-state index in [-0.39, 0.29) is 7.43 Å². The van der Waals surface area contributed by atoms with Gasteiger partial charge in [0.2, 0.25) is 0 Å². The molecule has 0 saturated heterocycles. The zero-order valence-corrected chi connectivity index (χ0v) is 5.91. The van der Waals surface area contributed by atoms with Gasteiger partial charge in [0.15, 0.2) is 0 Å². The standard InChI is InChI=1S/C7H12N2.CH4/c1-3-7(2)9-5-4-8-6-9;/h4-7H,3H2,1-2H3;1H4. The summed E-state index contributed by atoms with van der Waals surface area (Å²) in [5, 5.41) is 0. The van der Waals surface area contributed by atoms with Crippen molar-refractivity contribution in [2.45, 2.75) is 33.7 Å². The molecule has 1 rings (SSSR count). The fraction of sp³-hybridized carbons (Fsp3) is 0.625. The van der Waals surface area contributed by atoms with Crippen molar-refractivity contribution >= 4 is 0 Å². The van der Waals surface area contributed by atoms with E-state index in [1.807, 2.05) is 18.7 Å². The summed E-state index contributed by atoms with van der Waals surface area (Å²) in [7, 11) is 0. The summed E-state index contributed by atoms with van der Waals surface area (Å²) >= 11 is 0. The highest BCUT2D eigenvalue weighted by Crippen LogP contribution is 2.06. The molecule has 0 fully saturated rings. The van der Waals surface area contributed by atoms with Crippen molar-refractivity contribution in [3.8, 4) is 0 Å². The first-order valence-corrected chi connectivity index (χ1v) is 3.32. The second-order valence-corrected chi connectivity index (χ2v) is 2.27. The largest absolute Gasteiger partial charge is 0.335 e. The smallest absolute Gasteiger partial charge is 0.0948 e. The van der Waals surface area contributed by atoms with E-state index in [1.54, 1.807) is 0 Å². The van der Waals surface area contributed by atoms with Crippen molar-refractivity contribution in [3.63, 3.8) is 0 Å². The molecule has 2 nitrogen and oxygen atoms in total. The topological polar surface area (TPSA) is 17.8 Å². The zero-order valence-electron chi connectivity index (χ0n) is 5.91. The van der Waals surface area contributed by atoms with Gasteiger partial charge in [0, 0.05) is 18.4 Å². The van der Waals surface area contributed by atoms with E-state index in [0.29, 0.717) is 6.04 Å². The van der Waals surface area contributed by atoms with Gasteiger partial charge in [-0.3, -0.25) is 0 Å². The molecule has 0 amide bonds. The summed E-state index contributed by atoms with van der Waals surface area (Å²) in [6.07, 6.45) is 6.82. The van der Waals surface area contributed by atoms with Crippen molar-refractivity contribution in [3.05, 3.63) is 18.7 Å². The van der Waals surface area contributed by atoms with Crippen molar-refractivity contribution < 1.29 is 0 Å². The van der Waals surface area contributed by atoms with Crippen LogP contribution in [0.25, 0.3) is 0 Å². The summed E-state index contributed by atoms with van der Waals surface area (Å²) in [6, 6.07) is 0.590. The lowest BCUT2D eigenvalue weighted by Crippen LogP contribution is -1.99. The number of rotatable bonds is 2. The minimum atomic E-state index is 0. The molecular formula is C8H16N2. The molecule has 1 aromatic rings. The predicted molar refractivity (Wildman–Crippen MR) is 44.0 cm³/mol. The summed E-state index contributed by atoms with van der Waals surface area (Å²) in [5.41, 5.74) is 0. The van der Waals surface area contributed by atoms with Crippen molar-refractivity contribution in [1.82, 2.24) is 9.55 Å². The molecule has 0 N–H and O–H groups in total. The van der Waals surface area contributed by atoms with Gasteiger partial charge in [-0.2, -0.15) is 0 Å². The van der Waals surface area contributed by atoms with E-state index >= 15 is 0 Å². The molecule has 1 heterocycles. The molecule has 10 heavy (non-hydrogen) atoms. The van der Waals surface area contributed by atoms with Crippen molar-refractivity contribution in [2.75, 3.05) is 0 Å². The lowest BCUT2D eigenvalue weighted by molar-refractivity contribution is 0.530. The predicted octanol–water partition coefficient (Wildman–Crippen LogP) is 2.49. The van der Waals surface area contributed by atoms with E-state index in [0.717, 1.165) is 6.42 Å². The molecule has 0 bridgehead atoms. The van der Waals surface area contributed by atoms with Gasteiger partial charge in [-0.25, -0.2) is 4.98 Å². The Morgan fingerprint density at radius 1 is 1.60 bits per heavy atom. The second-order valence-electron chi connectivity index (χ2n) is 2.27. The van der Waals surface area contributed by atoms with Gasteiger partial charge in [0.05, 0.1) is 6.33 Å². The Balaban J connectivity index is 0.000000810. The van der Waals surface area contributed by atoms with Crippen LogP contribution in [-0.4, -0.2) is 9.55 Å². The minimum Gasteiger partial charge on any atom is -0.335 e. The summed E-state index contributed by atoms with van der Waals surface area (Å²) in [4.78, 5) is 3.95. The van der Waals surface area contributed by atoms with E-state index in [9.17, 15) is 0 Å². The van der Waals surface area contributed by atoms with Crippen LogP contribution in [0.15, 0.2) is 18.7 Å². The normalized spacial score (nSPS) is 12.2. The van der Waals surface area contributed by atoms with Crippen LogP contribution in [-0.2, 0) is 0 Å². The van der Waals surface area contributed by atoms with Crippen LogP contribution >= 0.6 is 0 Å². The molecule has 0 aliphatic carbocycles. The highest BCUT2D eigenvalue weighted by Gasteiger charge is 1.96. The summed E-state index contributed by atoms with van der Waals surface area (Å²) < 4.78 is 2.11. The third kappa shape index (κ3) is 1.87. The number of hydrogen-bond donors (Lipinski definition) is 0. The van der Waals surface area contributed by atoms with Crippen LogP contribution < -0.4 is 0 Å². The first-order valence-electron chi connectivity index (χ1n) is 3.32. The molecule has 1 unspecified atom stereocenters. The van der Waals surface area contributed by atoms with Gasteiger partial charge < -0.3 is 4.57 Å². The molecule has 58 valence electrons. The SMILES string of the molecule is C.CCC(C)n1ccnc1. The molecule has 0 spiro atoms. The third-order valence-corrected chi connectivity index (χ3v) is 1.62. The lowest BCUT2D eigenvalue weighted by atomic mass is 10.3. The van der Waals surface area contributed by atoms with Crippen LogP contribution in [0.1, 0.15) is 33.7 Å². The quantitative estimate of drug-likeness (QED) is 0.617. The Labute approximate surface area is 62.9 Å². The lowest BCUT2D eigenvalue weighted by Gasteiger charge is -2.07.